The van der Waals surface area contributed by atoms with E-state index < -0.39 is 0 Å². The van der Waals surface area contributed by atoms with Crippen LogP contribution >= 0.6 is 15.9 Å². The summed E-state index contributed by atoms with van der Waals surface area (Å²) in [5.41, 5.74) is 11.6. The van der Waals surface area contributed by atoms with Gasteiger partial charge in [-0.2, -0.15) is 5.10 Å². The molecule has 3 rings (SSSR count). The van der Waals surface area contributed by atoms with Gasteiger partial charge in [0.05, 0.1) is 15.9 Å². The van der Waals surface area contributed by atoms with E-state index in [2.05, 4.69) is 52.2 Å². The van der Waals surface area contributed by atoms with Crippen molar-refractivity contribution in [1.82, 2.24) is 9.78 Å². The lowest BCUT2D eigenvalue weighted by Crippen LogP contribution is -2.36. The predicted octanol–water partition coefficient (Wildman–Crippen LogP) is 3.13. The van der Waals surface area contributed by atoms with Crippen molar-refractivity contribution in [2.24, 2.45) is 12.8 Å². The Bertz CT molecular complexity index is 662. The standard InChI is InChI=1S/C17H22BrN3/c1-3-14-16(18)15(21(2)20-14)10-17(11-19)9-8-12-6-4-5-7-13(12)17/h4-7H,3,8-11,19H2,1-2H3. The molecule has 0 amide bonds. The molecule has 0 spiro atoms. The molecule has 0 aliphatic heterocycles. The maximum absolute atomic E-state index is 6.23. The lowest BCUT2D eigenvalue weighted by atomic mass is 9.78. The van der Waals surface area contributed by atoms with E-state index in [0.717, 1.165) is 35.8 Å². The van der Waals surface area contributed by atoms with Gasteiger partial charge in [-0.1, -0.05) is 31.2 Å². The van der Waals surface area contributed by atoms with E-state index in [1.54, 1.807) is 0 Å². The maximum Gasteiger partial charge on any atom is 0.0766 e. The van der Waals surface area contributed by atoms with E-state index in [1.807, 2.05) is 11.7 Å². The Morgan fingerprint density at radius 3 is 2.81 bits per heavy atom. The molecule has 1 atom stereocenters. The van der Waals surface area contributed by atoms with Crippen LogP contribution in [0.3, 0.4) is 0 Å². The summed E-state index contributed by atoms with van der Waals surface area (Å²) in [4.78, 5) is 0. The number of fused-ring (bicyclic) bond motifs is 1. The zero-order valence-corrected chi connectivity index (χ0v) is 14.3. The molecule has 1 aliphatic carbocycles. The molecule has 2 aromatic rings. The van der Waals surface area contributed by atoms with Crippen LogP contribution in [0.2, 0.25) is 0 Å². The Morgan fingerprint density at radius 2 is 2.14 bits per heavy atom. The first kappa shape index (κ1) is 14.8. The normalized spacial score (nSPS) is 20.8. The molecule has 112 valence electrons. The molecule has 0 bridgehead atoms. The first-order valence-corrected chi connectivity index (χ1v) is 8.39. The molecule has 1 heterocycles. The summed E-state index contributed by atoms with van der Waals surface area (Å²) in [5, 5.41) is 4.62. The van der Waals surface area contributed by atoms with Gasteiger partial charge >= 0.3 is 0 Å². The lowest BCUT2D eigenvalue weighted by Gasteiger charge is -2.29. The quantitative estimate of drug-likeness (QED) is 0.923. The van der Waals surface area contributed by atoms with Crippen LogP contribution < -0.4 is 5.73 Å². The van der Waals surface area contributed by atoms with Gasteiger partial charge in [0, 0.05) is 25.4 Å². The maximum atomic E-state index is 6.23. The smallest absolute Gasteiger partial charge is 0.0766 e. The number of nitrogens with two attached hydrogens (primary N) is 1. The first-order valence-electron chi connectivity index (χ1n) is 7.60. The molecule has 0 saturated carbocycles. The number of nitrogens with zero attached hydrogens (tertiary/aromatic N) is 2. The van der Waals surface area contributed by atoms with Gasteiger partial charge in [0.1, 0.15) is 0 Å². The van der Waals surface area contributed by atoms with Crippen LogP contribution in [0.1, 0.15) is 35.9 Å². The van der Waals surface area contributed by atoms with Gasteiger partial charge in [-0.3, -0.25) is 4.68 Å². The van der Waals surface area contributed by atoms with E-state index in [9.17, 15) is 0 Å². The monoisotopic (exact) mass is 347 g/mol. The van der Waals surface area contributed by atoms with Crippen LogP contribution in [-0.4, -0.2) is 16.3 Å². The van der Waals surface area contributed by atoms with Crippen LogP contribution in [0.15, 0.2) is 28.7 Å². The fourth-order valence-corrected chi connectivity index (χ4v) is 4.32. The Hall–Kier alpha value is -1.13. The Labute approximate surface area is 134 Å². The largest absolute Gasteiger partial charge is 0.330 e. The summed E-state index contributed by atoms with van der Waals surface area (Å²) in [6, 6.07) is 8.74. The van der Waals surface area contributed by atoms with Crippen LogP contribution in [0, 0.1) is 0 Å². The van der Waals surface area contributed by atoms with Crippen molar-refractivity contribution in [3.8, 4) is 0 Å². The second kappa shape index (κ2) is 5.58. The van der Waals surface area contributed by atoms with Crippen LogP contribution in [-0.2, 0) is 31.7 Å². The number of hydrogen-bond acceptors (Lipinski definition) is 2. The molecular formula is C17H22BrN3. The summed E-state index contributed by atoms with van der Waals surface area (Å²) in [6.45, 7) is 2.82. The third kappa shape index (κ3) is 2.34. The molecule has 2 N–H and O–H groups in total. The molecule has 1 aromatic carbocycles. The number of aryl methyl sites for hydroxylation is 3. The minimum atomic E-state index is 0.0535. The van der Waals surface area contributed by atoms with Crippen LogP contribution in [0.25, 0.3) is 0 Å². The highest BCUT2D eigenvalue weighted by Gasteiger charge is 2.38. The van der Waals surface area contributed by atoms with Gasteiger partial charge in [-0.05, 0) is 46.3 Å². The molecule has 1 unspecified atom stereocenters. The average Bonchev–Trinajstić information content (AvgIpc) is 3.01. The summed E-state index contributed by atoms with van der Waals surface area (Å²) < 4.78 is 3.17. The van der Waals surface area contributed by atoms with Gasteiger partial charge in [-0.25, -0.2) is 0 Å². The zero-order valence-electron chi connectivity index (χ0n) is 12.7. The van der Waals surface area contributed by atoms with Crippen molar-refractivity contribution < 1.29 is 0 Å². The van der Waals surface area contributed by atoms with Crippen molar-refractivity contribution in [1.29, 1.82) is 0 Å². The third-order valence-electron chi connectivity index (χ3n) is 4.86. The fourth-order valence-electron chi connectivity index (χ4n) is 3.56. The minimum Gasteiger partial charge on any atom is -0.330 e. The average molecular weight is 348 g/mol. The van der Waals surface area contributed by atoms with E-state index in [4.69, 9.17) is 5.73 Å². The van der Waals surface area contributed by atoms with E-state index in [0.29, 0.717) is 6.54 Å². The number of benzene rings is 1. The molecule has 0 radical (unpaired) electrons. The van der Waals surface area contributed by atoms with E-state index in [1.165, 1.54) is 16.8 Å². The first-order chi connectivity index (χ1) is 10.1. The highest BCUT2D eigenvalue weighted by molar-refractivity contribution is 9.10. The molecule has 3 nitrogen and oxygen atoms in total. The second-order valence-electron chi connectivity index (χ2n) is 6.00. The molecular weight excluding hydrogens is 326 g/mol. The van der Waals surface area contributed by atoms with Crippen molar-refractivity contribution in [2.45, 2.75) is 38.0 Å². The van der Waals surface area contributed by atoms with Crippen LogP contribution in [0.5, 0.6) is 0 Å². The molecule has 0 fully saturated rings. The number of hydrogen-bond donors (Lipinski definition) is 1. The SMILES string of the molecule is CCc1nn(C)c(CC2(CN)CCc3ccccc32)c1Br. The van der Waals surface area contributed by atoms with Gasteiger partial charge < -0.3 is 5.73 Å². The van der Waals surface area contributed by atoms with Crippen molar-refractivity contribution in [3.63, 3.8) is 0 Å². The Kier molecular flexibility index (Phi) is 3.93. The molecule has 21 heavy (non-hydrogen) atoms. The fraction of sp³-hybridized carbons (Fsp3) is 0.471. The van der Waals surface area contributed by atoms with Gasteiger partial charge in [0.15, 0.2) is 0 Å². The topological polar surface area (TPSA) is 43.8 Å². The van der Waals surface area contributed by atoms with Crippen molar-refractivity contribution >= 4 is 15.9 Å². The Balaban J connectivity index is 2.02. The molecule has 1 aromatic heterocycles. The zero-order chi connectivity index (χ0) is 15.0. The summed E-state index contributed by atoms with van der Waals surface area (Å²) in [5.74, 6) is 0. The van der Waals surface area contributed by atoms with Gasteiger partial charge in [0.25, 0.3) is 0 Å². The van der Waals surface area contributed by atoms with Gasteiger partial charge in [0.2, 0.25) is 0 Å². The summed E-state index contributed by atoms with van der Waals surface area (Å²) in [6.07, 6.45) is 4.15. The number of aromatic nitrogens is 2. The van der Waals surface area contributed by atoms with E-state index in [-0.39, 0.29) is 5.41 Å². The van der Waals surface area contributed by atoms with Gasteiger partial charge in [-0.15, -0.1) is 0 Å². The number of halogens is 1. The second-order valence-corrected chi connectivity index (χ2v) is 6.80. The van der Waals surface area contributed by atoms with Crippen molar-refractivity contribution in [3.05, 3.63) is 51.3 Å². The lowest BCUT2D eigenvalue weighted by molar-refractivity contribution is 0.418. The molecule has 1 aliphatic rings. The van der Waals surface area contributed by atoms with E-state index >= 15 is 0 Å². The summed E-state index contributed by atoms with van der Waals surface area (Å²) >= 11 is 3.74. The van der Waals surface area contributed by atoms with Crippen molar-refractivity contribution in [2.75, 3.05) is 6.54 Å². The highest BCUT2D eigenvalue weighted by Crippen LogP contribution is 2.42. The minimum absolute atomic E-state index is 0.0535. The third-order valence-corrected chi connectivity index (χ3v) is 5.78. The Morgan fingerprint density at radius 1 is 1.38 bits per heavy atom. The summed E-state index contributed by atoms with van der Waals surface area (Å²) in [7, 11) is 2.03. The predicted molar refractivity (Wildman–Crippen MR) is 89.5 cm³/mol. The highest BCUT2D eigenvalue weighted by atomic mass is 79.9. The van der Waals surface area contributed by atoms with Crippen LogP contribution in [0.4, 0.5) is 0 Å². The molecule has 4 heteroatoms. The molecule has 0 saturated heterocycles. The number of rotatable bonds is 4.